The minimum absolute atomic E-state index is 0.187. The van der Waals surface area contributed by atoms with Gasteiger partial charge in [0.25, 0.3) is 0 Å². The lowest BCUT2D eigenvalue weighted by molar-refractivity contribution is -0.0628. The Hall–Kier alpha value is -0.610. The molecule has 0 spiro atoms. The van der Waals surface area contributed by atoms with Crippen molar-refractivity contribution in [2.45, 2.75) is 25.2 Å². The lowest BCUT2D eigenvalue weighted by Crippen LogP contribution is -2.16. The number of hydrogen-bond acceptors (Lipinski definition) is 3. The van der Waals surface area contributed by atoms with Crippen LogP contribution in [-0.2, 0) is 11.8 Å². The molecule has 1 rings (SSSR count). The molecular formula is C10H17NO2S. The van der Waals surface area contributed by atoms with Crippen molar-refractivity contribution in [2.75, 3.05) is 12.9 Å². The summed E-state index contributed by atoms with van der Waals surface area (Å²) in [4.78, 5) is 0. The van der Waals surface area contributed by atoms with Crippen LogP contribution in [0.2, 0.25) is 0 Å². The van der Waals surface area contributed by atoms with E-state index in [-0.39, 0.29) is 6.29 Å². The quantitative estimate of drug-likeness (QED) is 0.557. The fourth-order valence-corrected chi connectivity index (χ4v) is 1.94. The molecule has 0 saturated heterocycles. The zero-order valence-corrected chi connectivity index (χ0v) is 9.93. The fraction of sp³-hybridized carbons (Fsp3) is 0.600. The monoisotopic (exact) mass is 215 g/mol. The Morgan fingerprint density at radius 3 is 2.86 bits per heavy atom. The van der Waals surface area contributed by atoms with Gasteiger partial charge in [0.1, 0.15) is 5.03 Å². The summed E-state index contributed by atoms with van der Waals surface area (Å²) in [7, 11) is 2.00. The summed E-state index contributed by atoms with van der Waals surface area (Å²) in [6, 6.07) is 1.96. The second-order valence-electron chi connectivity index (χ2n) is 2.94. The zero-order chi connectivity index (χ0) is 10.6. The van der Waals surface area contributed by atoms with Gasteiger partial charge in [-0.1, -0.05) is 0 Å². The highest BCUT2D eigenvalue weighted by atomic mass is 32.2. The normalized spacial score (nSPS) is 12.9. The van der Waals surface area contributed by atoms with Crippen LogP contribution in [0.15, 0.2) is 17.3 Å². The number of aromatic nitrogens is 1. The molecule has 0 bridgehead atoms. The minimum Gasteiger partial charge on any atom is -0.462 e. The third kappa shape index (κ3) is 2.69. The largest absolute Gasteiger partial charge is 0.462 e. The first-order valence-electron chi connectivity index (χ1n) is 4.66. The van der Waals surface area contributed by atoms with Crippen molar-refractivity contribution in [3.8, 4) is 5.75 Å². The molecule has 0 aromatic carbocycles. The van der Waals surface area contributed by atoms with Gasteiger partial charge >= 0.3 is 0 Å². The predicted octanol–water partition coefficient (Wildman–Crippen LogP) is 2.51. The first-order valence-corrected chi connectivity index (χ1v) is 5.89. The number of hydrogen-bond donors (Lipinski definition) is 0. The highest BCUT2D eigenvalue weighted by molar-refractivity contribution is 7.98. The van der Waals surface area contributed by atoms with E-state index in [1.54, 1.807) is 11.8 Å². The lowest BCUT2D eigenvalue weighted by Gasteiger charge is -2.14. The molecule has 1 unspecified atom stereocenters. The van der Waals surface area contributed by atoms with Crippen molar-refractivity contribution >= 4 is 11.8 Å². The van der Waals surface area contributed by atoms with Gasteiger partial charge in [-0.15, -0.1) is 11.8 Å². The van der Waals surface area contributed by atoms with Gasteiger partial charge in [-0.3, -0.25) is 0 Å². The van der Waals surface area contributed by atoms with Crippen molar-refractivity contribution in [1.29, 1.82) is 0 Å². The van der Waals surface area contributed by atoms with Crippen molar-refractivity contribution in [2.24, 2.45) is 7.05 Å². The number of nitrogens with zero attached hydrogens (tertiary/aromatic N) is 1. The molecule has 0 radical (unpaired) electrons. The lowest BCUT2D eigenvalue weighted by atomic mass is 10.6. The summed E-state index contributed by atoms with van der Waals surface area (Å²) in [5.41, 5.74) is 0. The molecule has 80 valence electrons. The molecule has 3 nitrogen and oxygen atoms in total. The van der Waals surface area contributed by atoms with E-state index in [1.807, 2.05) is 44.0 Å². The maximum atomic E-state index is 5.63. The van der Waals surface area contributed by atoms with Gasteiger partial charge in [-0.25, -0.2) is 0 Å². The molecule has 4 heteroatoms. The van der Waals surface area contributed by atoms with E-state index in [9.17, 15) is 0 Å². The molecular weight excluding hydrogens is 198 g/mol. The maximum absolute atomic E-state index is 5.63. The number of ether oxygens (including phenoxy) is 2. The van der Waals surface area contributed by atoms with E-state index in [4.69, 9.17) is 9.47 Å². The van der Waals surface area contributed by atoms with E-state index in [2.05, 4.69) is 0 Å². The predicted molar refractivity (Wildman–Crippen MR) is 58.9 cm³/mol. The van der Waals surface area contributed by atoms with E-state index >= 15 is 0 Å². The van der Waals surface area contributed by atoms with Crippen LogP contribution in [0, 0.1) is 0 Å². The molecule has 0 saturated carbocycles. The molecule has 1 heterocycles. The average Bonchev–Trinajstić information content (AvgIpc) is 2.47. The fourth-order valence-electron chi connectivity index (χ4n) is 1.27. The minimum atomic E-state index is -0.187. The van der Waals surface area contributed by atoms with Crippen LogP contribution in [0.1, 0.15) is 13.8 Å². The van der Waals surface area contributed by atoms with Crippen LogP contribution >= 0.6 is 11.8 Å². The molecule has 0 aliphatic rings. The Morgan fingerprint density at radius 2 is 2.29 bits per heavy atom. The number of rotatable bonds is 5. The van der Waals surface area contributed by atoms with Gasteiger partial charge in [0, 0.05) is 19.9 Å². The molecule has 14 heavy (non-hydrogen) atoms. The number of thioether (sulfide) groups is 1. The first-order chi connectivity index (χ1) is 6.69. The summed E-state index contributed by atoms with van der Waals surface area (Å²) in [5, 5.41) is 1.12. The van der Waals surface area contributed by atoms with E-state index in [0.29, 0.717) is 6.61 Å². The van der Waals surface area contributed by atoms with Crippen LogP contribution in [0.25, 0.3) is 0 Å². The van der Waals surface area contributed by atoms with Crippen LogP contribution in [0.3, 0.4) is 0 Å². The van der Waals surface area contributed by atoms with Gasteiger partial charge in [0.05, 0.1) is 0 Å². The molecule has 0 amide bonds. The second kappa shape index (κ2) is 5.32. The van der Waals surface area contributed by atoms with Gasteiger partial charge in [-0.2, -0.15) is 0 Å². The van der Waals surface area contributed by atoms with Gasteiger partial charge in [0.15, 0.2) is 12.0 Å². The first kappa shape index (κ1) is 11.5. The van der Waals surface area contributed by atoms with E-state index in [0.717, 1.165) is 10.8 Å². The second-order valence-corrected chi connectivity index (χ2v) is 3.74. The summed E-state index contributed by atoms with van der Waals surface area (Å²) in [5.74, 6) is 0.890. The Morgan fingerprint density at radius 1 is 1.57 bits per heavy atom. The zero-order valence-electron chi connectivity index (χ0n) is 9.11. The molecule has 0 aliphatic heterocycles. The molecule has 0 fully saturated rings. The van der Waals surface area contributed by atoms with Crippen molar-refractivity contribution in [3.05, 3.63) is 12.3 Å². The highest BCUT2D eigenvalue weighted by Crippen LogP contribution is 2.28. The van der Waals surface area contributed by atoms with Crippen LogP contribution in [0.5, 0.6) is 5.75 Å². The molecule has 0 aliphatic carbocycles. The van der Waals surface area contributed by atoms with Gasteiger partial charge < -0.3 is 14.0 Å². The molecule has 0 N–H and O–H groups in total. The van der Waals surface area contributed by atoms with E-state index in [1.165, 1.54) is 0 Å². The third-order valence-corrected chi connectivity index (χ3v) is 2.74. The van der Waals surface area contributed by atoms with Crippen LogP contribution in [0.4, 0.5) is 0 Å². The smallest absolute Gasteiger partial charge is 0.197 e. The maximum Gasteiger partial charge on any atom is 0.197 e. The Labute approximate surface area is 89.4 Å². The molecule has 1 atom stereocenters. The van der Waals surface area contributed by atoms with Crippen molar-refractivity contribution in [3.63, 3.8) is 0 Å². The van der Waals surface area contributed by atoms with E-state index < -0.39 is 0 Å². The highest BCUT2D eigenvalue weighted by Gasteiger charge is 2.10. The SMILES string of the molecule is CCOC(C)Oc1ccn(C)c1SC. The topological polar surface area (TPSA) is 23.4 Å². The van der Waals surface area contributed by atoms with Crippen LogP contribution < -0.4 is 4.74 Å². The number of aryl methyl sites for hydroxylation is 1. The van der Waals surface area contributed by atoms with Gasteiger partial charge in [0.2, 0.25) is 0 Å². The van der Waals surface area contributed by atoms with Crippen molar-refractivity contribution in [1.82, 2.24) is 4.57 Å². The summed E-state index contributed by atoms with van der Waals surface area (Å²) < 4.78 is 13.0. The summed E-state index contributed by atoms with van der Waals surface area (Å²) in [6.45, 7) is 4.53. The average molecular weight is 215 g/mol. The molecule has 1 aromatic rings. The Kier molecular flexibility index (Phi) is 4.35. The van der Waals surface area contributed by atoms with Crippen molar-refractivity contribution < 1.29 is 9.47 Å². The Balaban J connectivity index is 2.66. The standard InChI is InChI=1S/C10H17NO2S/c1-5-12-8(2)13-9-6-7-11(3)10(9)14-4/h6-8H,5H2,1-4H3. The Bertz CT molecular complexity index is 286. The molecule has 1 aromatic heterocycles. The summed E-state index contributed by atoms with van der Waals surface area (Å²) >= 11 is 1.67. The third-order valence-electron chi connectivity index (χ3n) is 1.87. The van der Waals surface area contributed by atoms with Crippen LogP contribution in [-0.4, -0.2) is 23.7 Å². The van der Waals surface area contributed by atoms with Gasteiger partial charge in [-0.05, 0) is 26.2 Å². The summed E-state index contributed by atoms with van der Waals surface area (Å²) in [6.07, 6.45) is 3.83.